The zero-order chi connectivity index (χ0) is 11.9. The van der Waals surface area contributed by atoms with E-state index in [4.69, 9.17) is 4.74 Å². The van der Waals surface area contributed by atoms with Gasteiger partial charge in [-0.2, -0.15) is 0 Å². The Balaban J connectivity index is 0. The fourth-order valence-electron chi connectivity index (χ4n) is 0.962. The van der Waals surface area contributed by atoms with Gasteiger partial charge in [0.1, 0.15) is 5.60 Å². The molecule has 1 radical (unpaired) electrons. The molecule has 0 aliphatic rings. The Morgan fingerprint density at radius 1 is 1.62 bits per heavy atom. The summed E-state index contributed by atoms with van der Waals surface area (Å²) >= 11 is 0. The predicted octanol–water partition coefficient (Wildman–Crippen LogP) is 2.88. The minimum absolute atomic E-state index is 0. The molecule has 0 saturated carbocycles. The summed E-state index contributed by atoms with van der Waals surface area (Å²) in [5, 5.41) is 2.67. The van der Waals surface area contributed by atoms with Crippen LogP contribution in [0.5, 0.6) is 0 Å². The van der Waals surface area contributed by atoms with Crippen LogP contribution >= 0.6 is 0 Å². The van der Waals surface area contributed by atoms with Crippen molar-refractivity contribution in [3.8, 4) is 0 Å². The van der Waals surface area contributed by atoms with Crippen molar-refractivity contribution in [1.29, 1.82) is 0 Å². The number of alkyl carbamates (subject to hydrolysis) is 1. The van der Waals surface area contributed by atoms with Crippen molar-refractivity contribution in [2.45, 2.75) is 45.3 Å². The fourth-order valence-corrected chi connectivity index (χ4v) is 0.962. The third-order valence-electron chi connectivity index (χ3n) is 1.57. The SMILES string of the molecule is C=C[CH-]CC[C@H]([CH2-])NC(=O)OC(C)(C)C.[Y]. The normalized spacial score (nSPS) is 12.0. The van der Waals surface area contributed by atoms with Crippen LogP contribution in [0.3, 0.4) is 0 Å². The van der Waals surface area contributed by atoms with Gasteiger partial charge in [-0.3, -0.25) is 0 Å². The van der Waals surface area contributed by atoms with Gasteiger partial charge in [-0.1, -0.05) is 12.5 Å². The summed E-state index contributed by atoms with van der Waals surface area (Å²) < 4.78 is 5.09. The van der Waals surface area contributed by atoms with Crippen LogP contribution in [0.2, 0.25) is 0 Å². The standard InChI is InChI=1S/C12H21NO2.Y/c1-6-7-8-9-10(2)13-11(14)15-12(3,4)5;/h6-7,10H,1-2,8-9H2,3-5H3,(H,13,14);/q-2;/t10-;/m0./s1. The first-order chi connectivity index (χ1) is 6.85. The summed E-state index contributed by atoms with van der Waals surface area (Å²) in [4.78, 5) is 11.3. The smallest absolute Gasteiger partial charge is 0.405 e. The van der Waals surface area contributed by atoms with E-state index in [0.29, 0.717) is 0 Å². The van der Waals surface area contributed by atoms with Crippen LogP contribution in [0, 0.1) is 13.3 Å². The Morgan fingerprint density at radius 2 is 2.19 bits per heavy atom. The number of allylic oxidation sites excluding steroid dienone is 1. The summed E-state index contributed by atoms with van der Waals surface area (Å²) in [6.45, 7) is 12.9. The number of ether oxygens (including phenoxy) is 1. The molecule has 0 aromatic rings. The van der Waals surface area contributed by atoms with E-state index in [9.17, 15) is 4.79 Å². The van der Waals surface area contributed by atoms with Gasteiger partial charge in [-0.05, 0) is 20.8 Å². The molecular weight excluding hydrogens is 279 g/mol. The van der Waals surface area contributed by atoms with Gasteiger partial charge in [0.15, 0.2) is 0 Å². The van der Waals surface area contributed by atoms with Crippen molar-refractivity contribution in [3.05, 3.63) is 26.0 Å². The summed E-state index contributed by atoms with van der Waals surface area (Å²) in [7, 11) is 0. The third kappa shape index (κ3) is 12.1. The molecule has 1 atom stereocenters. The van der Waals surface area contributed by atoms with E-state index in [1.54, 1.807) is 6.08 Å². The topological polar surface area (TPSA) is 38.3 Å². The molecule has 1 amide bonds. The maximum Gasteiger partial charge on any atom is 0.405 e. The molecule has 0 saturated heterocycles. The minimum Gasteiger partial charge on any atom is -0.444 e. The number of hydrogen-bond acceptors (Lipinski definition) is 2. The summed E-state index contributed by atoms with van der Waals surface area (Å²) in [6.07, 6.45) is 4.90. The van der Waals surface area contributed by atoms with Crippen LogP contribution in [-0.2, 0) is 37.4 Å². The van der Waals surface area contributed by atoms with Crippen molar-refractivity contribution < 1.29 is 42.2 Å². The number of amides is 1. The molecule has 0 aromatic carbocycles. The fraction of sp³-hybridized carbons (Fsp3) is 0.583. The largest absolute Gasteiger partial charge is 0.444 e. The van der Waals surface area contributed by atoms with Gasteiger partial charge in [-0.15, -0.1) is 6.42 Å². The van der Waals surface area contributed by atoms with Gasteiger partial charge in [0.05, 0.1) is 0 Å². The van der Waals surface area contributed by atoms with Crippen molar-refractivity contribution >= 4 is 6.09 Å². The number of carbonyl (C=O) groups excluding carboxylic acids is 1. The molecule has 4 heteroatoms. The Labute approximate surface area is 124 Å². The van der Waals surface area contributed by atoms with Gasteiger partial charge in [0, 0.05) is 32.7 Å². The molecule has 0 aliphatic heterocycles. The van der Waals surface area contributed by atoms with Crippen molar-refractivity contribution in [2.24, 2.45) is 0 Å². The predicted molar refractivity (Wildman–Crippen MR) is 62.2 cm³/mol. The average molecular weight is 300 g/mol. The molecule has 0 spiro atoms. The molecule has 0 heterocycles. The molecule has 16 heavy (non-hydrogen) atoms. The quantitative estimate of drug-likeness (QED) is 0.626. The minimum atomic E-state index is -0.461. The van der Waals surface area contributed by atoms with Crippen LogP contribution < -0.4 is 5.32 Å². The van der Waals surface area contributed by atoms with Crippen LogP contribution in [-0.4, -0.2) is 17.7 Å². The van der Waals surface area contributed by atoms with Gasteiger partial charge in [-0.25, -0.2) is 23.9 Å². The monoisotopic (exact) mass is 300 g/mol. The Bertz CT molecular complexity index is 212. The molecule has 0 rings (SSSR count). The Hall–Kier alpha value is -0.0161. The third-order valence-corrected chi connectivity index (χ3v) is 1.57. The van der Waals surface area contributed by atoms with Crippen molar-refractivity contribution in [3.63, 3.8) is 0 Å². The van der Waals surface area contributed by atoms with Gasteiger partial charge in [0.25, 0.3) is 0 Å². The molecular formula is C12H21NO2Y-2. The van der Waals surface area contributed by atoms with Crippen LogP contribution in [0.25, 0.3) is 0 Å². The molecule has 0 aromatic heterocycles. The Morgan fingerprint density at radius 3 is 2.62 bits per heavy atom. The second-order valence-electron chi connectivity index (χ2n) is 4.39. The van der Waals surface area contributed by atoms with Gasteiger partial charge >= 0.3 is 6.09 Å². The molecule has 0 fully saturated rings. The number of unbranched alkanes of at least 4 members (excludes halogenated alkanes) is 1. The van der Waals surface area contributed by atoms with Crippen molar-refractivity contribution in [2.75, 3.05) is 0 Å². The maximum absolute atomic E-state index is 11.3. The van der Waals surface area contributed by atoms with Gasteiger partial charge in [0.2, 0.25) is 0 Å². The number of carbonyl (C=O) groups is 1. The molecule has 0 aliphatic carbocycles. The first kappa shape index (κ1) is 18.4. The summed E-state index contributed by atoms with van der Waals surface area (Å²) in [6, 6.07) is -0.129. The van der Waals surface area contributed by atoms with E-state index in [0.717, 1.165) is 12.8 Å². The van der Waals surface area contributed by atoms with E-state index >= 15 is 0 Å². The second-order valence-corrected chi connectivity index (χ2v) is 4.39. The molecule has 0 unspecified atom stereocenters. The van der Waals surface area contributed by atoms with Crippen LogP contribution in [0.1, 0.15) is 33.6 Å². The first-order valence-electron chi connectivity index (χ1n) is 5.12. The molecule has 91 valence electrons. The first-order valence-corrected chi connectivity index (χ1v) is 5.12. The van der Waals surface area contributed by atoms with Crippen molar-refractivity contribution in [1.82, 2.24) is 5.32 Å². The number of hydrogen-bond donors (Lipinski definition) is 1. The molecule has 3 nitrogen and oxygen atoms in total. The van der Waals surface area contributed by atoms with E-state index in [-0.39, 0.29) is 38.8 Å². The Kier molecular flexibility index (Phi) is 10.4. The summed E-state index contributed by atoms with van der Waals surface area (Å²) in [5.41, 5.74) is -0.461. The number of nitrogens with one attached hydrogen (secondary N) is 1. The van der Waals surface area contributed by atoms with Crippen LogP contribution in [0.15, 0.2) is 12.7 Å². The number of rotatable bonds is 5. The summed E-state index contributed by atoms with van der Waals surface area (Å²) in [5.74, 6) is 0. The average Bonchev–Trinajstić information content (AvgIpc) is 2.00. The molecule has 1 N–H and O–H groups in total. The second kappa shape index (κ2) is 9.06. The van der Waals surface area contributed by atoms with E-state index in [2.05, 4.69) is 18.8 Å². The van der Waals surface area contributed by atoms with Gasteiger partial charge < -0.3 is 17.0 Å². The zero-order valence-electron chi connectivity index (χ0n) is 10.5. The molecule has 0 bridgehead atoms. The van der Waals surface area contributed by atoms with Crippen LogP contribution in [0.4, 0.5) is 4.79 Å². The van der Waals surface area contributed by atoms with E-state index in [1.807, 2.05) is 27.2 Å². The maximum atomic E-state index is 11.3. The van der Waals surface area contributed by atoms with E-state index in [1.165, 1.54) is 0 Å². The zero-order valence-corrected chi connectivity index (χ0v) is 13.3. The van der Waals surface area contributed by atoms with E-state index < -0.39 is 11.7 Å².